The van der Waals surface area contributed by atoms with Crippen LogP contribution in [-0.2, 0) is 11.8 Å². The molecule has 0 saturated heterocycles. The predicted octanol–water partition coefficient (Wildman–Crippen LogP) is 10.6. The van der Waals surface area contributed by atoms with Crippen molar-refractivity contribution in [2.75, 3.05) is 0 Å². The molecule has 0 spiro atoms. The SMILES string of the molecule is CCCCCCCCCCc1ccc(C2(c3ccccc3)c3cc(O)ccc3-c3c2cc2cc(O)ccc2c3C)cc1. The molecule has 6 rings (SSSR count). The molecule has 214 valence electrons. The molecule has 0 heterocycles. The molecular formula is C40H42O2. The van der Waals surface area contributed by atoms with Gasteiger partial charge in [0.25, 0.3) is 0 Å². The molecule has 0 radical (unpaired) electrons. The van der Waals surface area contributed by atoms with E-state index in [0.29, 0.717) is 0 Å². The molecule has 1 atom stereocenters. The smallest absolute Gasteiger partial charge is 0.116 e. The minimum Gasteiger partial charge on any atom is -0.508 e. The normalized spacial score (nSPS) is 15.6. The number of fused-ring (bicyclic) bond motifs is 4. The Labute approximate surface area is 250 Å². The van der Waals surface area contributed by atoms with E-state index < -0.39 is 5.41 Å². The Morgan fingerprint density at radius 3 is 1.98 bits per heavy atom. The molecule has 0 saturated carbocycles. The molecule has 2 heteroatoms. The molecule has 1 aliphatic carbocycles. The van der Waals surface area contributed by atoms with Crippen LogP contribution in [0.4, 0.5) is 0 Å². The first-order valence-corrected chi connectivity index (χ1v) is 15.8. The number of unbranched alkanes of at least 4 members (excludes halogenated alkanes) is 7. The minimum atomic E-state index is -0.591. The van der Waals surface area contributed by atoms with Gasteiger partial charge in [-0.1, -0.05) is 119 Å². The van der Waals surface area contributed by atoms with Crippen LogP contribution in [-0.4, -0.2) is 10.2 Å². The quantitative estimate of drug-likeness (QED) is 0.156. The number of aryl methyl sites for hydroxylation is 2. The van der Waals surface area contributed by atoms with Crippen molar-refractivity contribution in [2.45, 2.75) is 77.0 Å². The van der Waals surface area contributed by atoms with Crippen molar-refractivity contribution in [1.82, 2.24) is 0 Å². The van der Waals surface area contributed by atoms with Crippen LogP contribution in [0, 0.1) is 6.92 Å². The monoisotopic (exact) mass is 554 g/mol. The third-order valence-electron chi connectivity index (χ3n) is 9.38. The number of hydrogen-bond acceptors (Lipinski definition) is 2. The fourth-order valence-corrected chi connectivity index (χ4v) is 7.29. The van der Waals surface area contributed by atoms with Crippen molar-refractivity contribution < 1.29 is 10.2 Å². The van der Waals surface area contributed by atoms with Crippen molar-refractivity contribution in [3.8, 4) is 22.6 Å². The number of aromatic hydroxyl groups is 2. The van der Waals surface area contributed by atoms with Gasteiger partial charge in [-0.2, -0.15) is 0 Å². The van der Waals surface area contributed by atoms with Crippen LogP contribution in [0.25, 0.3) is 21.9 Å². The Bertz CT molecular complexity index is 1680. The number of phenols is 2. The molecule has 2 nitrogen and oxygen atoms in total. The molecule has 0 amide bonds. The second-order valence-electron chi connectivity index (χ2n) is 12.1. The van der Waals surface area contributed by atoms with Crippen molar-refractivity contribution in [1.29, 1.82) is 0 Å². The first-order valence-electron chi connectivity index (χ1n) is 15.8. The highest BCUT2D eigenvalue weighted by Crippen LogP contribution is 2.58. The molecule has 1 aliphatic rings. The van der Waals surface area contributed by atoms with Crippen molar-refractivity contribution in [2.24, 2.45) is 0 Å². The van der Waals surface area contributed by atoms with Gasteiger partial charge >= 0.3 is 0 Å². The molecule has 42 heavy (non-hydrogen) atoms. The average Bonchev–Trinajstić information content (AvgIpc) is 3.29. The standard InChI is InChI=1S/C40H42O2/c1-3-4-5-6-7-8-9-11-14-29-17-19-32(20-18-29)40(31-15-12-10-13-16-31)37-27-34(42)22-24-36(37)39-28(2)35-23-21-33(41)25-30(35)26-38(39)40/h10,12-13,15-27,41-42H,3-9,11,14H2,1-2H3. The van der Waals surface area contributed by atoms with E-state index in [4.69, 9.17) is 0 Å². The number of phenolic OH excluding ortho intramolecular Hbond substituents is 2. The molecule has 2 N–H and O–H groups in total. The second kappa shape index (κ2) is 12.1. The topological polar surface area (TPSA) is 40.5 Å². The first-order chi connectivity index (χ1) is 20.5. The average molecular weight is 555 g/mol. The lowest BCUT2D eigenvalue weighted by atomic mass is 9.67. The van der Waals surface area contributed by atoms with E-state index in [1.807, 2.05) is 18.2 Å². The number of rotatable bonds is 11. The van der Waals surface area contributed by atoms with Gasteiger partial charge < -0.3 is 10.2 Å². The Kier molecular flexibility index (Phi) is 8.07. The van der Waals surface area contributed by atoms with Gasteiger partial charge in [0.05, 0.1) is 5.41 Å². The molecule has 0 aliphatic heterocycles. The Morgan fingerprint density at radius 1 is 0.595 bits per heavy atom. The summed E-state index contributed by atoms with van der Waals surface area (Å²) in [6, 6.07) is 33.7. The van der Waals surface area contributed by atoms with E-state index in [0.717, 1.165) is 28.3 Å². The summed E-state index contributed by atoms with van der Waals surface area (Å²) in [6.07, 6.45) is 11.7. The van der Waals surface area contributed by atoms with Crippen LogP contribution < -0.4 is 0 Å². The maximum Gasteiger partial charge on any atom is 0.116 e. The summed E-state index contributed by atoms with van der Waals surface area (Å²) in [6.45, 7) is 4.46. The molecule has 5 aromatic rings. The highest BCUT2D eigenvalue weighted by Gasteiger charge is 2.47. The number of benzene rings is 5. The molecule has 0 aromatic heterocycles. The van der Waals surface area contributed by atoms with Crippen LogP contribution in [0.5, 0.6) is 11.5 Å². The van der Waals surface area contributed by atoms with Crippen molar-refractivity contribution in [3.05, 3.63) is 130 Å². The van der Waals surface area contributed by atoms with Gasteiger partial charge in [0, 0.05) is 0 Å². The molecule has 1 unspecified atom stereocenters. The summed E-state index contributed by atoms with van der Waals surface area (Å²) in [7, 11) is 0. The fourth-order valence-electron chi connectivity index (χ4n) is 7.29. The van der Waals surface area contributed by atoms with Crippen molar-refractivity contribution >= 4 is 10.8 Å². The maximum atomic E-state index is 10.8. The fraction of sp³-hybridized carbons (Fsp3) is 0.300. The summed E-state index contributed by atoms with van der Waals surface area (Å²) >= 11 is 0. The second-order valence-corrected chi connectivity index (χ2v) is 12.1. The zero-order valence-corrected chi connectivity index (χ0v) is 25.0. The Balaban J connectivity index is 1.43. The molecule has 0 fully saturated rings. The summed E-state index contributed by atoms with van der Waals surface area (Å²) in [5.41, 5.74) is 9.01. The lowest BCUT2D eigenvalue weighted by Crippen LogP contribution is -2.28. The summed E-state index contributed by atoms with van der Waals surface area (Å²) in [5, 5.41) is 23.4. The van der Waals surface area contributed by atoms with Crippen LogP contribution in [0.15, 0.2) is 97.1 Å². The van der Waals surface area contributed by atoms with E-state index in [9.17, 15) is 10.2 Å². The summed E-state index contributed by atoms with van der Waals surface area (Å²) < 4.78 is 0. The molecule has 0 bridgehead atoms. The zero-order chi connectivity index (χ0) is 29.1. The van der Waals surface area contributed by atoms with Gasteiger partial charge in [-0.05, 0) is 105 Å². The minimum absolute atomic E-state index is 0.269. The first kappa shape index (κ1) is 28.1. The van der Waals surface area contributed by atoms with E-state index in [-0.39, 0.29) is 11.5 Å². The Hall–Kier alpha value is -4.04. The zero-order valence-electron chi connectivity index (χ0n) is 25.0. The highest BCUT2D eigenvalue weighted by molar-refractivity contribution is 5.99. The predicted molar refractivity (Wildman–Crippen MR) is 176 cm³/mol. The lowest BCUT2D eigenvalue weighted by Gasteiger charge is -2.34. The van der Waals surface area contributed by atoms with E-state index in [1.165, 1.54) is 84.7 Å². The third-order valence-corrected chi connectivity index (χ3v) is 9.38. The summed E-state index contributed by atoms with van der Waals surface area (Å²) in [4.78, 5) is 0. The van der Waals surface area contributed by atoms with Crippen LogP contribution in [0.1, 0.15) is 91.7 Å². The van der Waals surface area contributed by atoms with E-state index >= 15 is 0 Å². The van der Waals surface area contributed by atoms with Gasteiger partial charge in [-0.15, -0.1) is 0 Å². The van der Waals surface area contributed by atoms with Crippen molar-refractivity contribution in [3.63, 3.8) is 0 Å². The van der Waals surface area contributed by atoms with Gasteiger partial charge in [-0.25, -0.2) is 0 Å². The molecular weight excluding hydrogens is 512 g/mol. The largest absolute Gasteiger partial charge is 0.508 e. The van der Waals surface area contributed by atoms with Gasteiger partial charge in [0.1, 0.15) is 11.5 Å². The lowest BCUT2D eigenvalue weighted by molar-refractivity contribution is 0.474. The Morgan fingerprint density at radius 2 is 1.24 bits per heavy atom. The van der Waals surface area contributed by atoms with E-state index in [2.05, 4.69) is 80.6 Å². The van der Waals surface area contributed by atoms with Crippen LogP contribution >= 0.6 is 0 Å². The van der Waals surface area contributed by atoms with Crippen LogP contribution in [0.3, 0.4) is 0 Å². The van der Waals surface area contributed by atoms with Gasteiger partial charge in [0.15, 0.2) is 0 Å². The third kappa shape index (κ3) is 4.98. The number of hydrogen-bond donors (Lipinski definition) is 2. The molecule has 5 aromatic carbocycles. The van der Waals surface area contributed by atoms with E-state index in [1.54, 1.807) is 12.1 Å². The van der Waals surface area contributed by atoms with Gasteiger partial charge in [0.2, 0.25) is 0 Å². The maximum absolute atomic E-state index is 10.8. The van der Waals surface area contributed by atoms with Crippen LogP contribution in [0.2, 0.25) is 0 Å². The highest BCUT2D eigenvalue weighted by atomic mass is 16.3. The van der Waals surface area contributed by atoms with Gasteiger partial charge in [-0.3, -0.25) is 0 Å². The summed E-state index contributed by atoms with van der Waals surface area (Å²) in [5.74, 6) is 0.540.